The first-order valence-electron chi connectivity index (χ1n) is 6.50. The molecule has 0 aliphatic heterocycles. The zero-order valence-electron chi connectivity index (χ0n) is 11.9. The molecular weight excluding hydrogens is 254 g/mol. The average molecular weight is 273 g/mol. The first-order valence-corrected chi connectivity index (χ1v) is 6.50. The van der Waals surface area contributed by atoms with Crippen LogP contribution in [0.15, 0.2) is 24.5 Å². The number of aromatic nitrogens is 3. The van der Waals surface area contributed by atoms with Crippen molar-refractivity contribution in [1.82, 2.24) is 15.0 Å². The van der Waals surface area contributed by atoms with Crippen LogP contribution in [0.4, 0.5) is 11.5 Å². The van der Waals surface area contributed by atoms with Crippen molar-refractivity contribution in [1.29, 1.82) is 0 Å². The fraction of sp³-hybridized carbons (Fsp3) is 0.357. The summed E-state index contributed by atoms with van der Waals surface area (Å²) in [6.45, 7) is 6.35. The van der Waals surface area contributed by atoms with Gasteiger partial charge in [-0.1, -0.05) is 6.07 Å². The molecule has 0 aromatic carbocycles. The molecule has 0 spiro atoms. The second-order valence-electron chi connectivity index (χ2n) is 4.73. The Bertz CT molecular complexity index is 586. The van der Waals surface area contributed by atoms with Gasteiger partial charge in [0.1, 0.15) is 12.0 Å². The molecule has 0 unspecified atom stereocenters. The van der Waals surface area contributed by atoms with E-state index >= 15 is 0 Å². The maximum Gasteiger partial charge on any atom is 0.242 e. The van der Waals surface area contributed by atoms with Gasteiger partial charge in [0.05, 0.1) is 18.3 Å². The highest BCUT2D eigenvalue weighted by Crippen LogP contribution is 2.25. The van der Waals surface area contributed by atoms with Crippen LogP contribution in [0, 0.1) is 6.92 Å². The van der Waals surface area contributed by atoms with Gasteiger partial charge in [0, 0.05) is 5.69 Å². The zero-order chi connectivity index (χ0) is 14.5. The molecule has 2 aromatic heterocycles. The van der Waals surface area contributed by atoms with Crippen molar-refractivity contribution in [2.45, 2.75) is 33.4 Å². The van der Waals surface area contributed by atoms with Gasteiger partial charge in [-0.2, -0.15) is 4.98 Å². The van der Waals surface area contributed by atoms with E-state index in [0.29, 0.717) is 23.9 Å². The van der Waals surface area contributed by atoms with E-state index in [-0.39, 0.29) is 6.10 Å². The Kier molecular flexibility index (Phi) is 4.34. The number of hydrogen-bond acceptors (Lipinski definition) is 6. The lowest BCUT2D eigenvalue weighted by atomic mass is 10.3. The van der Waals surface area contributed by atoms with Crippen LogP contribution in [0.5, 0.6) is 5.88 Å². The van der Waals surface area contributed by atoms with Gasteiger partial charge < -0.3 is 15.8 Å². The van der Waals surface area contributed by atoms with Crippen LogP contribution in [-0.4, -0.2) is 21.1 Å². The number of nitrogen functional groups attached to an aromatic ring is 1. The van der Waals surface area contributed by atoms with E-state index in [1.807, 2.05) is 39.0 Å². The van der Waals surface area contributed by atoms with E-state index in [4.69, 9.17) is 10.5 Å². The van der Waals surface area contributed by atoms with Crippen molar-refractivity contribution >= 4 is 11.5 Å². The number of rotatable bonds is 5. The fourth-order valence-corrected chi connectivity index (χ4v) is 1.71. The van der Waals surface area contributed by atoms with E-state index in [1.54, 1.807) is 0 Å². The third-order valence-corrected chi connectivity index (χ3v) is 2.58. The van der Waals surface area contributed by atoms with E-state index in [2.05, 4.69) is 20.3 Å². The van der Waals surface area contributed by atoms with Gasteiger partial charge in [-0.25, -0.2) is 4.98 Å². The average Bonchev–Trinajstić information content (AvgIpc) is 2.39. The van der Waals surface area contributed by atoms with Crippen LogP contribution >= 0.6 is 0 Å². The molecule has 20 heavy (non-hydrogen) atoms. The lowest BCUT2D eigenvalue weighted by Crippen LogP contribution is -2.12. The maximum atomic E-state index is 5.99. The van der Waals surface area contributed by atoms with Gasteiger partial charge in [-0.05, 0) is 32.9 Å². The molecule has 0 aliphatic rings. The largest absolute Gasteiger partial charge is 0.473 e. The topological polar surface area (TPSA) is 86.0 Å². The van der Waals surface area contributed by atoms with Crippen LogP contribution < -0.4 is 15.8 Å². The Morgan fingerprint density at radius 3 is 2.80 bits per heavy atom. The highest BCUT2D eigenvalue weighted by molar-refractivity contribution is 5.66. The highest BCUT2D eigenvalue weighted by Gasteiger charge is 2.10. The second kappa shape index (κ2) is 6.18. The molecule has 6 heteroatoms. The molecule has 2 rings (SSSR count). The van der Waals surface area contributed by atoms with Crippen LogP contribution in [0.3, 0.4) is 0 Å². The summed E-state index contributed by atoms with van der Waals surface area (Å²) in [5.41, 5.74) is 8.30. The number of hydrogen-bond donors (Lipinski definition) is 2. The summed E-state index contributed by atoms with van der Waals surface area (Å²) in [5, 5.41) is 3.15. The smallest absolute Gasteiger partial charge is 0.242 e. The van der Waals surface area contributed by atoms with Gasteiger partial charge in [-0.15, -0.1) is 0 Å². The number of nitrogens with two attached hydrogens (primary N) is 1. The van der Waals surface area contributed by atoms with Crippen LogP contribution in [-0.2, 0) is 6.54 Å². The number of aryl methyl sites for hydroxylation is 1. The molecule has 0 amide bonds. The first-order chi connectivity index (χ1) is 9.56. The van der Waals surface area contributed by atoms with E-state index in [0.717, 1.165) is 11.4 Å². The minimum atomic E-state index is 0.0125. The number of nitrogens with one attached hydrogen (secondary N) is 1. The van der Waals surface area contributed by atoms with Crippen molar-refractivity contribution in [2.75, 3.05) is 11.1 Å². The summed E-state index contributed by atoms with van der Waals surface area (Å²) in [7, 11) is 0. The summed E-state index contributed by atoms with van der Waals surface area (Å²) in [4.78, 5) is 12.6. The summed E-state index contributed by atoms with van der Waals surface area (Å²) >= 11 is 0. The standard InChI is InChI=1S/C14H19N5O/c1-9(2)20-14-12(15)13(17-8-18-14)16-7-11-6-4-5-10(3)19-11/h4-6,8-9H,7,15H2,1-3H3,(H,16,17,18). The molecule has 0 aliphatic carbocycles. The van der Waals surface area contributed by atoms with Crippen molar-refractivity contribution in [3.8, 4) is 5.88 Å². The lowest BCUT2D eigenvalue weighted by molar-refractivity contribution is 0.234. The molecule has 106 valence electrons. The van der Waals surface area contributed by atoms with Crippen molar-refractivity contribution in [3.05, 3.63) is 35.9 Å². The molecule has 0 bridgehead atoms. The van der Waals surface area contributed by atoms with Crippen LogP contribution in [0.1, 0.15) is 25.2 Å². The monoisotopic (exact) mass is 273 g/mol. The zero-order valence-corrected chi connectivity index (χ0v) is 11.9. The highest BCUT2D eigenvalue weighted by atomic mass is 16.5. The molecule has 2 aromatic rings. The number of anilines is 2. The molecule has 0 atom stereocenters. The third-order valence-electron chi connectivity index (χ3n) is 2.58. The van der Waals surface area contributed by atoms with E-state index < -0.39 is 0 Å². The van der Waals surface area contributed by atoms with Crippen LogP contribution in [0.25, 0.3) is 0 Å². The van der Waals surface area contributed by atoms with E-state index in [9.17, 15) is 0 Å². The number of ether oxygens (including phenoxy) is 1. The fourth-order valence-electron chi connectivity index (χ4n) is 1.71. The summed E-state index contributed by atoms with van der Waals surface area (Å²) in [5.74, 6) is 0.952. The first kappa shape index (κ1) is 14.0. The Morgan fingerprint density at radius 2 is 2.10 bits per heavy atom. The molecular formula is C14H19N5O. The van der Waals surface area contributed by atoms with Crippen molar-refractivity contribution in [2.24, 2.45) is 0 Å². The molecule has 6 nitrogen and oxygen atoms in total. The molecule has 0 saturated heterocycles. The quantitative estimate of drug-likeness (QED) is 0.868. The van der Waals surface area contributed by atoms with Gasteiger partial charge >= 0.3 is 0 Å². The summed E-state index contributed by atoms with van der Waals surface area (Å²) in [6.07, 6.45) is 1.44. The maximum absolute atomic E-state index is 5.99. The predicted molar refractivity (Wildman–Crippen MR) is 78.5 cm³/mol. The molecule has 0 fully saturated rings. The van der Waals surface area contributed by atoms with Gasteiger partial charge in [-0.3, -0.25) is 4.98 Å². The molecule has 3 N–H and O–H groups in total. The molecule has 2 heterocycles. The molecule has 0 saturated carbocycles. The minimum Gasteiger partial charge on any atom is -0.473 e. The Balaban J connectivity index is 2.10. The van der Waals surface area contributed by atoms with Crippen molar-refractivity contribution in [3.63, 3.8) is 0 Å². The lowest BCUT2D eigenvalue weighted by Gasteiger charge is -2.13. The molecule has 0 radical (unpaired) electrons. The SMILES string of the molecule is Cc1cccc(CNc2ncnc(OC(C)C)c2N)n1. The Hall–Kier alpha value is -2.37. The van der Waals surface area contributed by atoms with E-state index in [1.165, 1.54) is 6.33 Å². The Morgan fingerprint density at radius 1 is 1.30 bits per heavy atom. The second-order valence-corrected chi connectivity index (χ2v) is 4.73. The third kappa shape index (κ3) is 3.57. The number of pyridine rings is 1. The van der Waals surface area contributed by atoms with Gasteiger partial charge in [0.25, 0.3) is 0 Å². The van der Waals surface area contributed by atoms with Gasteiger partial charge in [0.2, 0.25) is 5.88 Å². The van der Waals surface area contributed by atoms with Crippen LogP contribution in [0.2, 0.25) is 0 Å². The Labute approximate surface area is 118 Å². The summed E-state index contributed by atoms with van der Waals surface area (Å²) in [6, 6.07) is 5.87. The summed E-state index contributed by atoms with van der Waals surface area (Å²) < 4.78 is 5.53. The minimum absolute atomic E-state index is 0.0125. The van der Waals surface area contributed by atoms with Crippen molar-refractivity contribution < 1.29 is 4.74 Å². The number of nitrogens with zero attached hydrogens (tertiary/aromatic N) is 3. The normalized spacial score (nSPS) is 10.6. The van der Waals surface area contributed by atoms with Gasteiger partial charge in [0.15, 0.2) is 5.82 Å². The predicted octanol–water partition coefficient (Wildman–Crippen LogP) is 2.16.